The van der Waals surface area contributed by atoms with Crippen LogP contribution in [0.5, 0.6) is 0 Å². The molecule has 1 aliphatic rings. The number of nitrogens with zero attached hydrogens (tertiary/aromatic N) is 3. The fourth-order valence-electron chi connectivity index (χ4n) is 3.44. The number of fused-ring (bicyclic) bond motifs is 2. The van der Waals surface area contributed by atoms with Crippen molar-refractivity contribution in [3.05, 3.63) is 54.1 Å². The Bertz CT molecular complexity index is 934. The number of carbonyl (C=O) groups excluding carboxylic acids is 1. The summed E-state index contributed by atoms with van der Waals surface area (Å²) in [6.45, 7) is 5.71. The molecule has 0 radical (unpaired) electrons. The van der Waals surface area contributed by atoms with Gasteiger partial charge in [-0.15, -0.1) is 0 Å². The summed E-state index contributed by atoms with van der Waals surface area (Å²) in [6.07, 6.45) is 0.937. The van der Waals surface area contributed by atoms with Crippen LogP contribution in [0.15, 0.2) is 53.7 Å². The minimum absolute atomic E-state index is 0.157. The van der Waals surface area contributed by atoms with Crippen molar-refractivity contribution < 1.29 is 4.79 Å². The van der Waals surface area contributed by atoms with E-state index >= 15 is 0 Å². The number of aryl methyl sites for hydroxylation is 1. The lowest BCUT2D eigenvalue weighted by atomic mass is 10.2. The van der Waals surface area contributed by atoms with Crippen LogP contribution in [0, 0.1) is 0 Å². The molecule has 0 spiro atoms. The Morgan fingerprint density at radius 2 is 1.96 bits per heavy atom. The molecule has 25 heavy (non-hydrogen) atoms. The zero-order chi connectivity index (χ0) is 17.4. The van der Waals surface area contributed by atoms with Crippen LogP contribution in [0.2, 0.25) is 0 Å². The van der Waals surface area contributed by atoms with Gasteiger partial charge in [0.2, 0.25) is 5.91 Å². The van der Waals surface area contributed by atoms with Gasteiger partial charge in [0.05, 0.1) is 16.3 Å². The number of para-hydroxylation sites is 3. The third-order valence-corrected chi connectivity index (χ3v) is 5.80. The molecule has 0 fully saturated rings. The molecule has 2 aromatic carbocycles. The number of anilines is 1. The minimum atomic E-state index is -0.173. The largest absolute Gasteiger partial charge is 0.319 e. The van der Waals surface area contributed by atoms with Crippen LogP contribution >= 0.6 is 11.8 Å². The summed E-state index contributed by atoms with van der Waals surface area (Å²) in [4.78, 5) is 19.6. The van der Waals surface area contributed by atoms with E-state index < -0.39 is 0 Å². The molecule has 5 heteroatoms. The fraction of sp³-hybridized carbons (Fsp3) is 0.300. The Hall–Kier alpha value is -2.27. The first-order valence-corrected chi connectivity index (χ1v) is 9.58. The highest BCUT2D eigenvalue weighted by atomic mass is 32.2. The van der Waals surface area contributed by atoms with Crippen molar-refractivity contribution in [1.29, 1.82) is 0 Å². The normalized spacial score (nSPS) is 14.7. The van der Waals surface area contributed by atoms with Crippen LogP contribution in [0.3, 0.4) is 0 Å². The maximum absolute atomic E-state index is 13.0. The molecule has 1 aromatic heterocycles. The predicted octanol–water partition coefficient (Wildman–Crippen LogP) is 4.13. The van der Waals surface area contributed by atoms with Gasteiger partial charge in [-0.3, -0.25) is 4.79 Å². The number of thioether (sulfide) groups is 1. The fourth-order valence-corrected chi connectivity index (χ4v) is 4.49. The number of aromatic nitrogens is 2. The second-order valence-corrected chi connectivity index (χ2v) is 7.56. The van der Waals surface area contributed by atoms with Crippen LogP contribution in [0.1, 0.15) is 19.4 Å². The Balaban J connectivity index is 1.58. The number of hydrogen-bond acceptors (Lipinski definition) is 3. The first-order chi connectivity index (χ1) is 12.2. The zero-order valence-electron chi connectivity index (χ0n) is 14.5. The number of carbonyl (C=O) groups is 1. The van der Waals surface area contributed by atoms with Crippen molar-refractivity contribution in [2.75, 3.05) is 11.4 Å². The van der Waals surface area contributed by atoms with Gasteiger partial charge in [-0.2, -0.15) is 0 Å². The van der Waals surface area contributed by atoms with E-state index in [0.29, 0.717) is 0 Å². The van der Waals surface area contributed by atoms with Gasteiger partial charge >= 0.3 is 0 Å². The summed E-state index contributed by atoms with van der Waals surface area (Å²) in [7, 11) is 0. The number of imidazole rings is 1. The van der Waals surface area contributed by atoms with Crippen molar-refractivity contribution in [2.45, 2.75) is 37.2 Å². The molecule has 2 heterocycles. The molecule has 4 rings (SSSR count). The Morgan fingerprint density at radius 1 is 1.20 bits per heavy atom. The van der Waals surface area contributed by atoms with E-state index in [4.69, 9.17) is 4.98 Å². The molecule has 0 saturated carbocycles. The molecular formula is C20H21N3OS. The molecule has 0 saturated heterocycles. The van der Waals surface area contributed by atoms with Gasteiger partial charge < -0.3 is 9.47 Å². The zero-order valence-corrected chi connectivity index (χ0v) is 15.3. The molecular weight excluding hydrogens is 330 g/mol. The molecule has 0 bridgehead atoms. The van der Waals surface area contributed by atoms with Gasteiger partial charge in [0.1, 0.15) is 0 Å². The molecule has 4 nitrogen and oxygen atoms in total. The summed E-state index contributed by atoms with van der Waals surface area (Å²) >= 11 is 1.55. The van der Waals surface area contributed by atoms with Gasteiger partial charge in [0.25, 0.3) is 0 Å². The van der Waals surface area contributed by atoms with Crippen LogP contribution in [0.4, 0.5) is 5.69 Å². The Kier molecular flexibility index (Phi) is 4.25. The van der Waals surface area contributed by atoms with Crippen molar-refractivity contribution in [2.24, 2.45) is 0 Å². The van der Waals surface area contributed by atoms with E-state index in [1.165, 1.54) is 5.56 Å². The van der Waals surface area contributed by atoms with Crippen molar-refractivity contribution in [3.8, 4) is 0 Å². The second kappa shape index (κ2) is 6.56. The number of rotatable bonds is 4. The predicted molar refractivity (Wildman–Crippen MR) is 103 cm³/mol. The van der Waals surface area contributed by atoms with Crippen molar-refractivity contribution in [1.82, 2.24) is 9.55 Å². The standard InChI is InChI=1S/C20H21N3OS/c1-3-22-18-11-7-5-9-16(18)21-20(22)25-14(2)19(24)23-13-12-15-8-4-6-10-17(15)23/h4-11,14H,3,12-13H2,1-2H3/t14-/m0/s1. The summed E-state index contributed by atoms with van der Waals surface area (Å²) in [5, 5.41) is 0.741. The van der Waals surface area contributed by atoms with Gasteiger partial charge in [0, 0.05) is 18.8 Å². The van der Waals surface area contributed by atoms with E-state index in [1.54, 1.807) is 11.8 Å². The van der Waals surface area contributed by atoms with Gasteiger partial charge in [-0.05, 0) is 44.0 Å². The summed E-state index contributed by atoms with van der Waals surface area (Å²) in [5.41, 5.74) is 4.43. The smallest absolute Gasteiger partial charge is 0.240 e. The summed E-state index contributed by atoms with van der Waals surface area (Å²) < 4.78 is 2.18. The van der Waals surface area contributed by atoms with Gasteiger partial charge in [0.15, 0.2) is 5.16 Å². The van der Waals surface area contributed by atoms with Crippen LogP contribution in [-0.4, -0.2) is 27.3 Å². The topological polar surface area (TPSA) is 38.1 Å². The van der Waals surface area contributed by atoms with Crippen LogP contribution < -0.4 is 4.90 Å². The molecule has 128 valence electrons. The molecule has 3 aromatic rings. The first-order valence-electron chi connectivity index (χ1n) is 8.70. The van der Waals surface area contributed by atoms with Gasteiger partial charge in [-0.25, -0.2) is 4.98 Å². The quantitative estimate of drug-likeness (QED) is 0.664. The van der Waals surface area contributed by atoms with Crippen LogP contribution in [0.25, 0.3) is 11.0 Å². The van der Waals surface area contributed by atoms with Crippen LogP contribution in [-0.2, 0) is 17.8 Å². The molecule has 0 aliphatic carbocycles. The maximum atomic E-state index is 13.0. The molecule has 0 unspecified atom stereocenters. The lowest BCUT2D eigenvalue weighted by molar-refractivity contribution is -0.117. The third kappa shape index (κ3) is 2.82. The molecule has 1 aliphatic heterocycles. The Labute approximate surface area is 151 Å². The lowest BCUT2D eigenvalue weighted by Gasteiger charge is -2.21. The number of benzene rings is 2. The van der Waals surface area contributed by atoms with E-state index in [0.717, 1.165) is 41.4 Å². The average Bonchev–Trinajstić information content (AvgIpc) is 3.21. The number of amides is 1. The molecule has 1 atom stereocenters. The third-order valence-electron chi connectivity index (χ3n) is 4.72. The minimum Gasteiger partial charge on any atom is -0.319 e. The molecule has 0 N–H and O–H groups in total. The number of hydrogen-bond donors (Lipinski definition) is 0. The monoisotopic (exact) mass is 351 g/mol. The van der Waals surface area contributed by atoms with Crippen molar-refractivity contribution in [3.63, 3.8) is 0 Å². The lowest BCUT2D eigenvalue weighted by Crippen LogP contribution is -2.35. The molecule has 1 amide bonds. The first kappa shape index (κ1) is 16.2. The Morgan fingerprint density at radius 3 is 2.80 bits per heavy atom. The highest BCUT2D eigenvalue weighted by molar-refractivity contribution is 8.00. The summed E-state index contributed by atoms with van der Waals surface area (Å²) in [6, 6.07) is 16.3. The summed E-state index contributed by atoms with van der Waals surface area (Å²) in [5.74, 6) is 0.157. The van der Waals surface area contributed by atoms with E-state index in [-0.39, 0.29) is 11.2 Å². The van der Waals surface area contributed by atoms with Gasteiger partial charge in [-0.1, -0.05) is 42.1 Å². The maximum Gasteiger partial charge on any atom is 0.240 e. The van der Waals surface area contributed by atoms with E-state index in [2.05, 4.69) is 23.6 Å². The van der Waals surface area contributed by atoms with Crippen molar-refractivity contribution >= 4 is 34.4 Å². The highest BCUT2D eigenvalue weighted by Gasteiger charge is 2.29. The van der Waals surface area contributed by atoms with E-state index in [1.807, 2.05) is 48.2 Å². The SMILES string of the molecule is CCn1c(S[C@@H](C)C(=O)N2CCc3ccccc32)nc2ccccc21. The van der Waals surface area contributed by atoms with E-state index in [9.17, 15) is 4.79 Å². The highest BCUT2D eigenvalue weighted by Crippen LogP contribution is 2.32. The second-order valence-electron chi connectivity index (χ2n) is 6.26. The average molecular weight is 351 g/mol.